The van der Waals surface area contributed by atoms with Gasteiger partial charge in [0.15, 0.2) is 5.65 Å². The minimum absolute atomic E-state index is 0.214. The summed E-state index contributed by atoms with van der Waals surface area (Å²) in [6.45, 7) is 4.07. The summed E-state index contributed by atoms with van der Waals surface area (Å²) in [4.78, 5) is 4.67. The number of rotatable bonds is 8. The number of aromatic hydroxyl groups is 1. The van der Waals surface area contributed by atoms with E-state index in [1.165, 1.54) is 0 Å². The van der Waals surface area contributed by atoms with Gasteiger partial charge in [-0.25, -0.2) is 4.98 Å². The minimum atomic E-state index is 0.214. The van der Waals surface area contributed by atoms with E-state index < -0.39 is 0 Å². The van der Waals surface area contributed by atoms with Crippen LogP contribution in [0.5, 0.6) is 5.75 Å². The van der Waals surface area contributed by atoms with Crippen LogP contribution >= 0.6 is 15.9 Å². The molecule has 7 heteroatoms. The van der Waals surface area contributed by atoms with Crippen LogP contribution in [0.3, 0.4) is 0 Å². The van der Waals surface area contributed by atoms with Gasteiger partial charge in [-0.3, -0.25) is 0 Å². The number of nitrogens with zero attached hydrogens (tertiary/aromatic N) is 3. The number of phenols is 1. The largest absolute Gasteiger partial charge is 0.507 e. The first-order chi connectivity index (χ1) is 12.6. The van der Waals surface area contributed by atoms with Crippen LogP contribution in [-0.4, -0.2) is 39.8 Å². The number of hydrogen-bond acceptors (Lipinski definition) is 5. The molecule has 0 aliphatic heterocycles. The van der Waals surface area contributed by atoms with Gasteiger partial charge in [-0.1, -0.05) is 25.5 Å². The fourth-order valence-corrected chi connectivity index (χ4v) is 3.29. The van der Waals surface area contributed by atoms with E-state index in [1.54, 1.807) is 22.8 Å². The van der Waals surface area contributed by atoms with Crippen LogP contribution in [0.4, 0.5) is 5.82 Å². The maximum absolute atomic E-state index is 10.2. The number of fused-ring (bicyclic) bond motifs is 1. The Morgan fingerprint density at radius 1 is 1.31 bits per heavy atom. The third-order valence-corrected chi connectivity index (χ3v) is 5.12. The first kappa shape index (κ1) is 18.7. The molecule has 0 saturated heterocycles. The molecule has 0 bridgehead atoms. The average molecular weight is 418 g/mol. The van der Waals surface area contributed by atoms with Gasteiger partial charge in [0.1, 0.15) is 11.6 Å². The number of para-hydroxylation sites is 1. The molecule has 0 saturated carbocycles. The molecule has 3 aromatic rings. The Morgan fingerprint density at radius 3 is 2.85 bits per heavy atom. The summed E-state index contributed by atoms with van der Waals surface area (Å²) in [5.74, 6) is 1.64. The van der Waals surface area contributed by atoms with Crippen molar-refractivity contribution in [2.45, 2.75) is 19.8 Å². The molecule has 3 rings (SSSR count). The Labute approximate surface area is 161 Å². The fourth-order valence-electron chi connectivity index (χ4n) is 2.94. The molecule has 1 unspecified atom stereocenters. The van der Waals surface area contributed by atoms with Gasteiger partial charge in [0.25, 0.3) is 0 Å². The van der Waals surface area contributed by atoms with Crippen LogP contribution in [0.25, 0.3) is 16.9 Å². The van der Waals surface area contributed by atoms with Crippen LogP contribution in [0.1, 0.15) is 19.8 Å². The Balaban J connectivity index is 1.95. The molecule has 2 heterocycles. The highest BCUT2D eigenvalue weighted by molar-refractivity contribution is 9.10. The smallest absolute Gasteiger partial charge is 0.172 e. The first-order valence-electron chi connectivity index (χ1n) is 8.85. The van der Waals surface area contributed by atoms with Gasteiger partial charge < -0.3 is 15.7 Å². The van der Waals surface area contributed by atoms with E-state index in [9.17, 15) is 5.11 Å². The predicted molar refractivity (Wildman–Crippen MR) is 109 cm³/mol. The van der Waals surface area contributed by atoms with Crippen molar-refractivity contribution in [1.29, 1.82) is 0 Å². The van der Waals surface area contributed by atoms with E-state index in [0.717, 1.165) is 41.9 Å². The zero-order valence-corrected chi connectivity index (χ0v) is 16.6. The predicted octanol–water partition coefficient (Wildman–Crippen LogP) is 3.91. The van der Waals surface area contributed by atoms with Crippen LogP contribution < -0.4 is 10.6 Å². The zero-order chi connectivity index (χ0) is 18.5. The van der Waals surface area contributed by atoms with Crippen molar-refractivity contribution < 1.29 is 5.11 Å². The lowest BCUT2D eigenvalue weighted by atomic mass is 10.0. The lowest BCUT2D eigenvalue weighted by Gasteiger charge is -2.17. The number of aromatic nitrogens is 3. The van der Waals surface area contributed by atoms with E-state index in [0.29, 0.717) is 17.2 Å². The molecule has 3 N–H and O–H groups in total. The van der Waals surface area contributed by atoms with Crippen molar-refractivity contribution in [1.82, 2.24) is 19.9 Å². The van der Waals surface area contributed by atoms with E-state index in [1.807, 2.05) is 25.2 Å². The van der Waals surface area contributed by atoms with E-state index in [2.05, 4.69) is 43.6 Å². The Morgan fingerprint density at radius 2 is 2.12 bits per heavy atom. The van der Waals surface area contributed by atoms with E-state index >= 15 is 0 Å². The van der Waals surface area contributed by atoms with Crippen molar-refractivity contribution in [2.24, 2.45) is 5.92 Å². The molecule has 0 spiro atoms. The van der Waals surface area contributed by atoms with Gasteiger partial charge in [0.2, 0.25) is 0 Å². The Bertz CT molecular complexity index is 879. The monoisotopic (exact) mass is 417 g/mol. The van der Waals surface area contributed by atoms with Crippen molar-refractivity contribution >= 4 is 27.4 Å². The molecule has 0 fully saturated rings. The van der Waals surface area contributed by atoms with Crippen LogP contribution in [0.15, 0.2) is 41.0 Å². The third kappa shape index (κ3) is 3.99. The molecule has 1 aromatic carbocycles. The highest BCUT2D eigenvalue weighted by Gasteiger charge is 2.14. The fraction of sp³-hybridized carbons (Fsp3) is 0.368. The second kappa shape index (κ2) is 8.51. The van der Waals surface area contributed by atoms with Gasteiger partial charge in [0, 0.05) is 18.2 Å². The SMILES string of the molecule is CCC(CCNC)CNc1cc(-c2ccccc2O)nc2c(Br)cnn12. The number of phenolic OH excluding ortho intramolecular Hbond substituents is 1. The summed E-state index contributed by atoms with van der Waals surface area (Å²) in [6, 6.07) is 9.17. The molecule has 2 aromatic heterocycles. The maximum Gasteiger partial charge on any atom is 0.172 e. The number of halogens is 1. The summed E-state index contributed by atoms with van der Waals surface area (Å²) in [7, 11) is 1.98. The summed E-state index contributed by atoms with van der Waals surface area (Å²) in [5.41, 5.74) is 2.13. The standard InChI is InChI=1S/C19H24BrN5O/c1-3-13(8-9-21-2)11-22-18-10-16(14-6-4-5-7-17(14)26)24-19-15(20)12-23-25(18)19/h4-7,10,12-13,21-22,26H,3,8-9,11H2,1-2H3. The van der Waals surface area contributed by atoms with Gasteiger partial charge >= 0.3 is 0 Å². The first-order valence-corrected chi connectivity index (χ1v) is 9.64. The van der Waals surface area contributed by atoms with Gasteiger partial charge in [-0.05, 0) is 54.0 Å². The quantitative estimate of drug-likeness (QED) is 0.517. The molecular weight excluding hydrogens is 394 g/mol. The van der Waals surface area contributed by atoms with Gasteiger partial charge in [-0.15, -0.1) is 0 Å². The number of hydrogen-bond donors (Lipinski definition) is 3. The lowest BCUT2D eigenvalue weighted by Crippen LogP contribution is -2.20. The Hall–Kier alpha value is -2.12. The van der Waals surface area contributed by atoms with E-state index in [-0.39, 0.29) is 5.75 Å². The van der Waals surface area contributed by atoms with Gasteiger partial charge in [0.05, 0.1) is 16.4 Å². The molecule has 6 nitrogen and oxygen atoms in total. The molecule has 0 radical (unpaired) electrons. The molecular formula is C19H24BrN5O. The minimum Gasteiger partial charge on any atom is -0.507 e. The van der Waals surface area contributed by atoms with Crippen molar-refractivity contribution in [3.05, 3.63) is 41.0 Å². The molecule has 138 valence electrons. The highest BCUT2D eigenvalue weighted by atomic mass is 79.9. The summed E-state index contributed by atoms with van der Waals surface area (Å²) < 4.78 is 2.61. The van der Waals surface area contributed by atoms with Crippen molar-refractivity contribution in [3.8, 4) is 17.0 Å². The number of nitrogens with one attached hydrogen (secondary N) is 2. The summed E-state index contributed by atoms with van der Waals surface area (Å²) >= 11 is 3.51. The zero-order valence-electron chi connectivity index (χ0n) is 15.0. The summed E-state index contributed by atoms with van der Waals surface area (Å²) in [5, 5.41) is 21.3. The Kier molecular flexibility index (Phi) is 6.11. The topological polar surface area (TPSA) is 74.5 Å². The average Bonchev–Trinajstić information content (AvgIpc) is 3.03. The van der Waals surface area contributed by atoms with Crippen molar-refractivity contribution in [2.75, 3.05) is 25.5 Å². The molecule has 1 atom stereocenters. The van der Waals surface area contributed by atoms with E-state index in [4.69, 9.17) is 0 Å². The normalized spacial score (nSPS) is 12.4. The molecule has 0 amide bonds. The second-order valence-corrected chi connectivity index (χ2v) is 7.17. The number of anilines is 1. The second-order valence-electron chi connectivity index (χ2n) is 6.32. The van der Waals surface area contributed by atoms with Crippen LogP contribution in [0, 0.1) is 5.92 Å². The van der Waals surface area contributed by atoms with Crippen LogP contribution in [0.2, 0.25) is 0 Å². The molecule has 26 heavy (non-hydrogen) atoms. The van der Waals surface area contributed by atoms with Gasteiger partial charge in [-0.2, -0.15) is 9.61 Å². The highest BCUT2D eigenvalue weighted by Crippen LogP contribution is 2.31. The summed E-state index contributed by atoms with van der Waals surface area (Å²) in [6.07, 6.45) is 3.96. The number of benzene rings is 1. The molecule has 0 aliphatic carbocycles. The lowest BCUT2D eigenvalue weighted by molar-refractivity contribution is 0.477. The molecule has 0 aliphatic rings. The van der Waals surface area contributed by atoms with Crippen LogP contribution in [-0.2, 0) is 0 Å². The van der Waals surface area contributed by atoms with Crippen molar-refractivity contribution in [3.63, 3.8) is 0 Å². The maximum atomic E-state index is 10.2. The third-order valence-electron chi connectivity index (χ3n) is 4.56.